The second-order valence-corrected chi connectivity index (χ2v) is 2.84. The van der Waals surface area contributed by atoms with Gasteiger partial charge in [-0.1, -0.05) is 42.5 Å². The van der Waals surface area contributed by atoms with Gasteiger partial charge in [-0.3, -0.25) is 0 Å². The Morgan fingerprint density at radius 2 is 1.93 bits per heavy atom. The third-order valence-corrected chi connectivity index (χ3v) is 1.69. The van der Waals surface area contributed by atoms with Gasteiger partial charge >= 0.3 is 0 Å². The third-order valence-electron chi connectivity index (χ3n) is 1.69. The van der Waals surface area contributed by atoms with Crippen LogP contribution >= 0.6 is 0 Å². The molecule has 1 N–H and O–H groups in total. The van der Waals surface area contributed by atoms with Crippen LogP contribution in [0.25, 0.3) is 6.08 Å². The van der Waals surface area contributed by atoms with Crippen molar-refractivity contribution in [2.75, 3.05) is 0 Å². The predicted molar refractivity (Wildman–Crippen MR) is 62.6 cm³/mol. The fourth-order valence-electron chi connectivity index (χ4n) is 0.996. The van der Waals surface area contributed by atoms with E-state index in [0.717, 1.165) is 6.42 Å². The molecule has 0 aliphatic rings. The molecule has 0 aliphatic heterocycles. The van der Waals surface area contributed by atoms with Crippen molar-refractivity contribution in [1.82, 2.24) is 5.32 Å². The van der Waals surface area contributed by atoms with Crippen LogP contribution in [0.1, 0.15) is 12.0 Å². The van der Waals surface area contributed by atoms with Gasteiger partial charge < -0.3 is 5.32 Å². The van der Waals surface area contributed by atoms with Gasteiger partial charge in [-0.25, -0.2) is 0 Å². The maximum atomic E-state index is 3.63. The summed E-state index contributed by atoms with van der Waals surface area (Å²) in [5.74, 6) is 0. The minimum absolute atomic E-state index is 0.895. The molecular weight excluding hydrogens is 170 g/mol. The Labute approximate surface area is 85.5 Å². The summed E-state index contributed by atoms with van der Waals surface area (Å²) in [6, 6.07) is 10.2. The molecule has 0 radical (unpaired) electrons. The second kappa shape index (κ2) is 6.72. The van der Waals surface area contributed by atoms with Crippen molar-refractivity contribution >= 4 is 6.08 Å². The van der Waals surface area contributed by atoms with Crippen LogP contribution < -0.4 is 5.32 Å². The highest BCUT2D eigenvalue weighted by molar-refractivity contribution is 5.48. The Kier molecular flexibility index (Phi) is 4.96. The Morgan fingerprint density at radius 3 is 2.64 bits per heavy atom. The van der Waals surface area contributed by atoms with Gasteiger partial charge in [0.05, 0.1) is 0 Å². The van der Waals surface area contributed by atoms with Crippen LogP contribution in [0.3, 0.4) is 0 Å². The molecule has 0 saturated heterocycles. The zero-order valence-corrected chi connectivity index (χ0v) is 8.19. The molecule has 0 bridgehead atoms. The van der Waals surface area contributed by atoms with E-state index in [9.17, 15) is 0 Å². The summed E-state index contributed by atoms with van der Waals surface area (Å²) in [6.07, 6.45) is 10.6. The van der Waals surface area contributed by atoms with Crippen LogP contribution in [0.15, 0.2) is 61.5 Å². The monoisotopic (exact) mass is 185 g/mol. The molecule has 72 valence electrons. The first-order valence-corrected chi connectivity index (χ1v) is 4.67. The van der Waals surface area contributed by atoms with E-state index < -0.39 is 0 Å². The summed E-state index contributed by atoms with van der Waals surface area (Å²) in [4.78, 5) is 0. The van der Waals surface area contributed by atoms with E-state index >= 15 is 0 Å². The quantitative estimate of drug-likeness (QED) is 0.694. The number of hydrogen-bond acceptors (Lipinski definition) is 1. The first kappa shape index (κ1) is 10.3. The molecule has 0 fully saturated rings. The summed E-state index contributed by atoms with van der Waals surface area (Å²) < 4.78 is 0. The van der Waals surface area contributed by atoms with Gasteiger partial charge in [0.25, 0.3) is 0 Å². The molecule has 0 saturated carbocycles. The molecular formula is C13H15N. The molecule has 1 nitrogen and oxygen atoms in total. The lowest BCUT2D eigenvalue weighted by molar-refractivity contribution is 1.18. The minimum atomic E-state index is 0.895. The average molecular weight is 185 g/mol. The van der Waals surface area contributed by atoms with E-state index in [1.165, 1.54) is 5.56 Å². The highest BCUT2D eigenvalue weighted by Crippen LogP contribution is 1.99. The van der Waals surface area contributed by atoms with Crippen molar-refractivity contribution < 1.29 is 0 Å². The summed E-state index contributed by atoms with van der Waals surface area (Å²) in [7, 11) is 0. The average Bonchev–Trinajstić information content (AvgIpc) is 2.25. The van der Waals surface area contributed by atoms with Crippen molar-refractivity contribution in [2.24, 2.45) is 0 Å². The topological polar surface area (TPSA) is 12.0 Å². The zero-order chi connectivity index (χ0) is 10.1. The smallest absolute Gasteiger partial charge is 0.00103 e. The van der Waals surface area contributed by atoms with Crippen LogP contribution in [-0.2, 0) is 0 Å². The summed E-state index contributed by atoms with van der Waals surface area (Å²) in [5.41, 5.74) is 1.19. The molecule has 14 heavy (non-hydrogen) atoms. The van der Waals surface area contributed by atoms with Gasteiger partial charge in [-0.15, -0.1) is 6.58 Å². The van der Waals surface area contributed by atoms with Crippen LogP contribution in [0.4, 0.5) is 0 Å². The lowest BCUT2D eigenvalue weighted by Gasteiger charge is -1.91. The molecule has 0 heterocycles. The molecule has 0 unspecified atom stereocenters. The van der Waals surface area contributed by atoms with Crippen LogP contribution in [0.2, 0.25) is 0 Å². The summed E-state index contributed by atoms with van der Waals surface area (Å²) >= 11 is 0. The SMILES string of the molecule is C=CC/C=C\NC=Cc1ccccc1. The third kappa shape index (κ3) is 4.31. The Bertz CT molecular complexity index is 309. The van der Waals surface area contributed by atoms with Gasteiger partial charge in [0, 0.05) is 6.20 Å². The molecule has 0 spiro atoms. The molecule has 0 aliphatic carbocycles. The van der Waals surface area contributed by atoms with Crippen LogP contribution in [0, 0.1) is 0 Å². The van der Waals surface area contributed by atoms with Gasteiger partial charge in [-0.2, -0.15) is 0 Å². The van der Waals surface area contributed by atoms with Gasteiger partial charge in [0.2, 0.25) is 0 Å². The first-order chi connectivity index (χ1) is 6.93. The molecule has 0 atom stereocenters. The first-order valence-electron chi connectivity index (χ1n) is 4.67. The molecule has 0 amide bonds. The van der Waals surface area contributed by atoms with Crippen molar-refractivity contribution in [2.45, 2.75) is 6.42 Å². The lowest BCUT2D eigenvalue weighted by atomic mass is 10.2. The Morgan fingerprint density at radius 1 is 1.14 bits per heavy atom. The van der Waals surface area contributed by atoms with Crippen molar-refractivity contribution in [1.29, 1.82) is 0 Å². The standard InChI is InChI=1S/C13H15N/c1-2-3-7-11-14-12-10-13-8-5-4-6-9-13/h2,4-12,14H,1,3H2/b11-7-,12-10?. The van der Waals surface area contributed by atoms with E-state index in [4.69, 9.17) is 0 Å². The molecule has 1 aromatic carbocycles. The van der Waals surface area contributed by atoms with Gasteiger partial charge in [0.1, 0.15) is 0 Å². The largest absolute Gasteiger partial charge is 0.368 e. The maximum absolute atomic E-state index is 3.63. The Balaban J connectivity index is 2.31. The molecule has 1 rings (SSSR count). The van der Waals surface area contributed by atoms with Crippen LogP contribution in [-0.4, -0.2) is 0 Å². The molecule has 0 aromatic heterocycles. The van der Waals surface area contributed by atoms with Crippen molar-refractivity contribution in [3.8, 4) is 0 Å². The second-order valence-electron chi connectivity index (χ2n) is 2.84. The highest BCUT2D eigenvalue weighted by atomic mass is 14.8. The number of benzene rings is 1. The van der Waals surface area contributed by atoms with E-state index in [2.05, 4.69) is 24.0 Å². The maximum Gasteiger partial charge on any atom is 0.00103 e. The lowest BCUT2D eigenvalue weighted by Crippen LogP contribution is -1.90. The summed E-state index contributed by atoms with van der Waals surface area (Å²) in [5, 5.41) is 3.06. The highest BCUT2D eigenvalue weighted by Gasteiger charge is 1.79. The van der Waals surface area contributed by atoms with E-state index in [1.807, 2.05) is 48.8 Å². The fraction of sp³-hybridized carbons (Fsp3) is 0.0769. The normalized spacial score (nSPS) is 10.9. The zero-order valence-electron chi connectivity index (χ0n) is 8.19. The van der Waals surface area contributed by atoms with Crippen molar-refractivity contribution in [3.63, 3.8) is 0 Å². The van der Waals surface area contributed by atoms with E-state index in [-0.39, 0.29) is 0 Å². The van der Waals surface area contributed by atoms with E-state index in [1.54, 1.807) is 0 Å². The number of rotatable bonds is 5. The van der Waals surface area contributed by atoms with Gasteiger partial charge in [-0.05, 0) is 24.3 Å². The molecule has 1 heteroatoms. The number of allylic oxidation sites excluding steroid dienone is 2. The van der Waals surface area contributed by atoms with Gasteiger partial charge in [0.15, 0.2) is 0 Å². The fourth-order valence-corrected chi connectivity index (χ4v) is 0.996. The van der Waals surface area contributed by atoms with Crippen LogP contribution in [0.5, 0.6) is 0 Å². The van der Waals surface area contributed by atoms with E-state index in [0.29, 0.717) is 0 Å². The Hall–Kier alpha value is -1.76. The minimum Gasteiger partial charge on any atom is -0.368 e. The summed E-state index contributed by atoms with van der Waals surface area (Å²) in [6.45, 7) is 3.63. The number of nitrogens with one attached hydrogen (secondary N) is 1. The predicted octanol–water partition coefficient (Wildman–Crippen LogP) is 3.34. The number of hydrogen-bond donors (Lipinski definition) is 1. The molecule has 1 aromatic rings. The van der Waals surface area contributed by atoms with Crippen molar-refractivity contribution in [3.05, 3.63) is 67.0 Å².